The molecule has 0 aliphatic carbocycles. The highest BCUT2D eigenvalue weighted by molar-refractivity contribution is 6.09. The molecule has 0 radical (unpaired) electrons. The average molecular weight is 291 g/mol. The van der Waals surface area contributed by atoms with Crippen LogP contribution in [0.2, 0.25) is 0 Å². The molecular formula is C19H17NO2. The van der Waals surface area contributed by atoms with E-state index in [1.54, 1.807) is 12.3 Å². The van der Waals surface area contributed by atoms with E-state index in [9.17, 15) is 4.79 Å². The van der Waals surface area contributed by atoms with Crippen LogP contribution in [0.5, 0.6) is 5.75 Å². The van der Waals surface area contributed by atoms with E-state index in [0.717, 1.165) is 28.1 Å². The first-order chi connectivity index (χ1) is 10.6. The van der Waals surface area contributed by atoms with E-state index < -0.39 is 0 Å². The molecule has 0 fully saturated rings. The molecule has 1 amide bonds. The normalized spacial score (nSPS) is 12.7. The Morgan fingerprint density at radius 2 is 1.73 bits per heavy atom. The molecule has 1 aliphatic rings. The molecule has 0 saturated heterocycles. The van der Waals surface area contributed by atoms with E-state index in [4.69, 9.17) is 4.74 Å². The summed E-state index contributed by atoms with van der Waals surface area (Å²) in [4.78, 5) is 12.5. The van der Waals surface area contributed by atoms with Gasteiger partial charge in [0.25, 0.3) is 5.91 Å². The second-order valence-electron chi connectivity index (χ2n) is 5.28. The monoisotopic (exact) mass is 291 g/mol. The van der Waals surface area contributed by atoms with Crippen molar-refractivity contribution in [3.63, 3.8) is 0 Å². The van der Waals surface area contributed by atoms with Crippen molar-refractivity contribution < 1.29 is 9.53 Å². The van der Waals surface area contributed by atoms with Crippen LogP contribution in [0.15, 0.2) is 60.4 Å². The Hall–Kier alpha value is -2.81. The molecule has 2 aromatic rings. The van der Waals surface area contributed by atoms with Gasteiger partial charge >= 0.3 is 0 Å². The first kappa shape index (κ1) is 14.1. The molecular weight excluding hydrogens is 274 g/mol. The SMILES string of the molecule is Cc1cccc(C)c1NC(=O)C1=Cc2ccccc2OC=C1. The topological polar surface area (TPSA) is 38.3 Å². The fraction of sp³-hybridized carbons (Fsp3) is 0.105. The van der Waals surface area contributed by atoms with E-state index in [1.807, 2.05) is 62.4 Å². The van der Waals surface area contributed by atoms with Crippen LogP contribution in [0.1, 0.15) is 16.7 Å². The van der Waals surface area contributed by atoms with Gasteiger partial charge in [-0.05, 0) is 43.2 Å². The van der Waals surface area contributed by atoms with Crippen molar-refractivity contribution in [2.45, 2.75) is 13.8 Å². The van der Waals surface area contributed by atoms with Gasteiger partial charge < -0.3 is 10.1 Å². The van der Waals surface area contributed by atoms with E-state index >= 15 is 0 Å². The van der Waals surface area contributed by atoms with E-state index in [-0.39, 0.29) is 5.91 Å². The number of carbonyl (C=O) groups is 1. The molecule has 0 atom stereocenters. The summed E-state index contributed by atoms with van der Waals surface area (Å²) in [7, 11) is 0. The number of aryl methyl sites for hydroxylation is 2. The van der Waals surface area contributed by atoms with Crippen LogP contribution in [0.3, 0.4) is 0 Å². The number of carbonyl (C=O) groups excluding carboxylic acids is 1. The Balaban J connectivity index is 1.91. The first-order valence-electron chi connectivity index (χ1n) is 7.16. The lowest BCUT2D eigenvalue weighted by molar-refractivity contribution is -0.112. The molecule has 3 heteroatoms. The fourth-order valence-electron chi connectivity index (χ4n) is 2.44. The second kappa shape index (κ2) is 5.90. The summed E-state index contributed by atoms with van der Waals surface area (Å²) in [6.45, 7) is 3.97. The summed E-state index contributed by atoms with van der Waals surface area (Å²) in [6, 6.07) is 13.6. The number of ether oxygens (including phenoxy) is 1. The summed E-state index contributed by atoms with van der Waals surface area (Å²) in [6.07, 6.45) is 5.06. The third-order valence-electron chi connectivity index (χ3n) is 3.65. The number of rotatable bonds is 2. The Morgan fingerprint density at radius 3 is 2.50 bits per heavy atom. The fourth-order valence-corrected chi connectivity index (χ4v) is 2.44. The van der Waals surface area contributed by atoms with Crippen molar-refractivity contribution in [1.82, 2.24) is 0 Å². The maximum absolute atomic E-state index is 12.5. The van der Waals surface area contributed by atoms with Gasteiger partial charge in [0.15, 0.2) is 0 Å². The number of hydrogen-bond acceptors (Lipinski definition) is 2. The number of anilines is 1. The van der Waals surface area contributed by atoms with Gasteiger partial charge in [0.2, 0.25) is 0 Å². The molecule has 2 aromatic carbocycles. The molecule has 0 aromatic heterocycles. The highest BCUT2D eigenvalue weighted by atomic mass is 16.5. The van der Waals surface area contributed by atoms with Gasteiger partial charge in [0, 0.05) is 16.8 Å². The quantitative estimate of drug-likeness (QED) is 0.899. The highest BCUT2D eigenvalue weighted by Crippen LogP contribution is 2.26. The first-order valence-corrected chi connectivity index (χ1v) is 7.16. The minimum Gasteiger partial charge on any atom is -0.464 e. The number of benzene rings is 2. The van der Waals surface area contributed by atoms with Crippen LogP contribution in [0.4, 0.5) is 5.69 Å². The molecule has 0 bridgehead atoms. The molecule has 22 heavy (non-hydrogen) atoms. The van der Waals surface area contributed by atoms with E-state index in [0.29, 0.717) is 5.57 Å². The average Bonchev–Trinajstić information content (AvgIpc) is 2.73. The Kier molecular flexibility index (Phi) is 3.79. The van der Waals surface area contributed by atoms with Gasteiger partial charge in [-0.15, -0.1) is 0 Å². The molecule has 3 nitrogen and oxygen atoms in total. The Morgan fingerprint density at radius 1 is 1.00 bits per heavy atom. The highest BCUT2D eigenvalue weighted by Gasteiger charge is 2.13. The van der Waals surface area contributed by atoms with Gasteiger partial charge in [0.1, 0.15) is 5.75 Å². The predicted molar refractivity (Wildman–Crippen MR) is 88.7 cm³/mol. The molecule has 0 spiro atoms. The number of amides is 1. The third kappa shape index (κ3) is 2.79. The van der Waals surface area contributed by atoms with Crippen LogP contribution in [0, 0.1) is 13.8 Å². The minimum absolute atomic E-state index is 0.144. The lowest BCUT2D eigenvalue weighted by Crippen LogP contribution is -2.14. The molecule has 0 saturated carbocycles. The van der Waals surface area contributed by atoms with Crippen LogP contribution >= 0.6 is 0 Å². The molecule has 0 unspecified atom stereocenters. The van der Waals surface area contributed by atoms with Gasteiger partial charge in [0.05, 0.1) is 6.26 Å². The van der Waals surface area contributed by atoms with Crippen molar-refractivity contribution in [2.75, 3.05) is 5.32 Å². The van der Waals surface area contributed by atoms with Crippen LogP contribution in [-0.2, 0) is 4.79 Å². The van der Waals surface area contributed by atoms with Crippen molar-refractivity contribution in [2.24, 2.45) is 0 Å². The van der Waals surface area contributed by atoms with Crippen molar-refractivity contribution in [3.05, 3.63) is 77.1 Å². The number of fused-ring (bicyclic) bond motifs is 1. The zero-order chi connectivity index (χ0) is 15.5. The predicted octanol–water partition coefficient (Wildman–Crippen LogP) is 4.23. The van der Waals surface area contributed by atoms with Gasteiger partial charge in [-0.1, -0.05) is 36.4 Å². The summed E-state index contributed by atoms with van der Waals surface area (Å²) in [5.41, 5.74) is 4.40. The zero-order valence-corrected chi connectivity index (χ0v) is 12.6. The molecule has 1 N–H and O–H groups in total. The lowest BCUT2D eigenvalue weighted by Gasteiger charge is -2.11. The largest absolute Gasteiger partial charge is 0.464 e. The van der Waals surface area contributed by atoms with E-state index in [2.05, 4.69) is 5.32 Å². The summed E-state index contributed by atoms with van der Waals surface area (Å²) in [5, 5.41) is 2.99. The zero-order valence-electron chi connectivity index (χ0n) is 12.6. The maximum Gasteiger partial charge on any atom is 0.255 e. The second-order valence-corrected chi connectivity index (χ2v) is 5.28. The molecule has 1 aliphatic heterocycles. The van der Waals surface area contributed by atoms with Gasteiger partial charge in [-0.25, -0.2) is 0 Å². The van der Waals surface area contributed by atoms with Crippen molar-refractivity contribution >= 4 is 17.7 Å². The van der Waals surface area contributed by atoms with Gasteiger partial charge in [-0.3, -0.25) is 4.79 Å². The minimum atomic E-state index is -0.144. The maximum atomic E-state index is 12.5. The number of hydrogen-bond donors (Lipinski definition) is 1. The standard InChI is InChI=1S/C19H17NO2/c1-13-6-5-7-14(2)18(13)20-19(21)16-10-11-22-17-9-4-3-8-15(17)12-16/h3-12H,1-2H3,(H,20,21). The third-order valence-corrected chi connectivity index (χ3v) is 3.65. The Bertz CT molecular complexity index is 768. The van der Waals surface area contributed by atoms with Gasteiger partial charge in [-0.2, -0.15) is 0 Å². The number of nitrogens with one attached hydrogen (secondary N) is 1. The van der Waals surface area contributed by atoms with Crippen molar-refractivity contribution in [1.29, 1.82) is 0 Å². The van der Waals surface area contributed by atoms with Crippen LogP contribution in [-0.4, -0.2) is 5.91 Å². The summed E-state index contributed by atoms with van der Waals surface area (Å²) in [5.74, 6) is 0.600. The van der Waals surface area contributed by atoms with Crippen LogP contribution < -0.4 is 10.1 Å². The van der Waals surface area contributed by atoms with E-state index in [1.165, 1.54) is 0 Å². The number of para-hydroxylation sites is 2. The Labute approximate surface area is 129 Å². The molecule has 1 heterocycles. The molecule has 110 valence electrons. The lowest BCUT2D eigenvalue weighted by atomic mass is 10.1. The smallest absolute Gasteiger partial charge is 0.255 e. The summed E-state index contributed by atoms with van der Waals surface area (Å²) >= 11 is 0. The molecule has 3 rings (SSSR count). The van der Waals surface area contributed by atoms with Crippen molar-refractivity contribution in [3.8, 4) is 5.75 Å². The van der Waals surface area contributed by atoms with Crippen LogP contribution in [0.25, 0.3) is 6.08 Å². The summed E-state index contributed by atoms with van der Waals surface area (Å²) < 4.78 is 5.51.